The summed E-state index contributed by atoms with van der Waals surface area (Å²) in [6, 6.07) is 6.59. The number of nitrogens with zero attached hydrogens (tertiary/aromatic N) is 5. The number of nitrogens with one attached hydrogen (secondary N) is 2. The predicted octanol–water partition coefficient (Wildman–Crippen LogP) is 1.49. The Morgan fingerprint density at radius 1 is 1.13 bits per heavy atom. The summed E-state index contributed by atoms with van der Waals surface area (Å²) in [6.45, 7) is 8.31. The maximum atomic E-state index is 13.1. The number of ether oxygens (including phenoxy) is 1. The zero-order valence-electron chi connectivity index (χ0n) is 17.6. The standard InChI is InChI=1S/C20H30FN7O.HI/c1-16-25-26-19(27(16)2)15-24-20(23-9-10-28-11-13-29-14-12-28)22-8-7-17-3-5-18(21)6-4-17;/h3-6H,7-15H2,1-2H3,(H2,22,23,24);1H. The molecule has 0 amide bonds. The Hall–Kier alpha value is -1.79. The second kappa shape index (κ2) is 12.8. The highest BCUT2D eigenvalue weighted by Crippen LogP contribution is 2.03. The molecule has 10 heteroatoms. The monoisotopic (exact) mass is 531 g/mol. The van der Waals surface area contributed by atoms with E-state index in [9.17, 15) is 4.39 Å². The SMILES string of the molecule is Cc1nnc(CN=C(NCCc2ccc(F)cc2)NCCN2CCOCC2)n1C.I. The molecule has 3 rings (SSSR count). The summed E-state index contributed by atoms with van der Waals surface area (Å²) < 4.78 is 20.4. The average Bonchev–Trinajstić information content (AvgIpc) is 3.06. The summed E-state index contributed by atoms with van der Waals surface area (Å²) in [5, 5.41) is 15.0. The second-order valence-corrected chi connectivity index (χ2v) is 7.07. The molecule has 0 saturated carbocycles. The maximum Gasteiger partial charge on any atom is 0.191 e. The predicted molar refractivity (Wildman–Crippen MR) is 126 cm³/mol. The summed E-state index contributed by atoms with van der Waals surface area (Å²) in [7, 11) is 1.94. The van der Waals surface area contributed by atoms with E-state index in [1.165, 1.54) is 12.1 Å². The van der Waals surface area contributed by atoms with E-state index in [-0.39, 0.29) is 29.8 Å². The van der Waals surface area contributed by atoms with Gasteiger partial charge in [-0.25, -0.2) is 9.38 Å². The van der Waals surface area contributed by atoms with E-state index in [2.05, 4.69) is 30.7 Å². The van der Waals surface area contributed by atoms with Gasteiger partial charge in [-0.3, -0.25) is 4.90 Å². The van der Waals surface area contributed by atoms with Crippen LogP contribution in [0.4, 0.5) is 4.39 Å². The lowest BCUT2D eigenvalue weighted by Gasteiger charge is -2.26. The van der Waals surface area contributed by atoms with Crippen molar-refractivity contribution in [1.29, 1.82) is 0 Å². The highest BCUT2D eigenvalue weighted by molar-refractivity contribution is 14.0. The van der Waals surface area contributed by atoms with Gasteiger partial charge in [-0.15, -0.1) is 34.2 Å². The summed E-state index contributed by atoms with van der Waals surface area (Å²) in [5.74, 6) is 2.20. The van der Waals surface area contributed by atoms with Crippen molar-refractivity contribution in [3.63, 3.8) is 0 Å². The molecule has 0 spiro atoms. The molecule has 1 saturated heterocycles. The molecule has 2 heterocycles. The fourth-order valence-electron chi connectivity index (χ4n) is 3.05. The molecule has 166 valence electrons. The molecule has 0 aliphatic carbocycles. The molecule has 8 nitrogen and oxygen atoms in total. The number of hydrogen-bond acceptors (Lipinski definition) is 5. The van der Waals surface area contributed by atoms with Crippen LogP contribution in [0.15, 0.2) is 29.3 Å². The van der Waals surface area contributed by atoms with Gasteiger partial charge in [0.2, 0.25) is 0 Å². The third kappa shape index (κ3) is 7.80. The van der Waals surface area contributed by atoms with Crippen LogP contribution in [0.3, 0.4) is 0 Å². The summed E-state index contributed by atoms with van der Waals surface area (Å²) in [5.41, 5.74) is 1.08. The number of morpholine rings is 1. The van der Waals surface area contributed by atoms with Crippen LogP contribution in [-0.4, -0.2) is 71.6 Å². The van der Waals surface area contributed by atoms with Gasteiger partial charge in [0.15, 0.2) is 11.8 Å². The number of hydrogen-bond donors (Lipinski definition) is 2. The molecule has 0 bridgehead atoms. The minimum absolute atomic E-state index is 0. The Bertz CT molecular complexity index is 791. The lowest BCUT2D eigenvalue weighted by Crippen LogP contribution is -2.44. The first-order chi connectivity index (χ1) is 14.1. The molecule has 0 unspecified atom stereocenters. The van der Waals surface area contributed by atoms with Crippen LogP contribution in [-0.2, 0) is 24.8 Å². The molecule has 1 aliphatic rings. The van der Waals surface area contributed by atoms with Gasteiger partial charge in [-0.2, -0.15) is 0 Å². The van der Waals surface area contributed by atoms with Gasteiger partial charge in [-0.1, -0.05) is 12.1 Å². The fourth-order valence-corrected chi connectivity index (χ4v) is 3.05. The van der Waals surface area contributed by atoms with Gasteiger partial charge in [0, 0.05) is 39.8 Å². The Morgan fingerprint density at radius 3 is 2.50 bits per heavy atom. The van der Waals surface area contributed by atoms with Crippen molar-refractivity contribution in [3.05, 3.63) is 47.3 Å². The number of aromatic nitrogens is 3. The number of aryl methyl sites for hydroxylation is 1. The number of benzene rings is 1. The molecular formula is C20H31FIN7O. The molecule has 2 N–H and O–H groups in total. The van der Waals surface area contributed by atoms with Gasteiger partial charge in [0.1, 0.15) is 18.2 Å². The normalized spacial score (nSPS) is 15.0. The van der Waals surface area contributed by atoms with E-state index >= 15 is 0 Å². The number of guanidine groups is 1. The summed E-state index contributed by atoms with van der Waals surface area (Å²) in [4.78, 5) is 7.04. The number of rotatable bonds is 8. The zero-order valence-corrected chi connectivity index (χ0v) is 19.9. The Morgan fingerprint density at radius 2 is 1.83 bits per heavy atom. The number of halogens is 2. The molecule has 0 atom stereocenters. The zero-order chi connectivity index (χ0) is 20.5. The van der Waals surface area contributed by atoms with Gasteiger partial charge in [0.25, 0.3) is 0 Å². The molecular weight excluding hydrogens is 500 g/mol. The lowest BCUT2D eigenvalue weighted by atomic mass is 10.1. The molecule has 1 aliphatic heterocycles. The van der Waals surface area contributed by atoms with Crippen LogP contribution in [0.1, 0.15) is 17.2 Å². The maximum absolute atomic E-state index is 13.1. The van der Waals surface area contributed by atoms with Gasteiger partial charge in [-0.05, 0) is 31.0 Å². The van der Waals surface area contributed by atoms with Crippen molar-refractivity contribution >= 4 is 29.9 Å². The van der Waals surface area contributed by atoms with Crippen molar-refractivity contribution in [3.8, 4) is 0 Å². The molecule has 1 aromatic carbocycles. The first-order valence-electron chi connectivity index (χ1n) is 10.0. The molecule has 30 heavy (non-hydrogen) atoms. The molecule has 0 radical (unpaired) electrons. The van der Waals surface area contributed by atoms with Crippen LogP contribution in [0.2, 0.25) is 0 Å². The molecule has 2 aromatic rings. The van der Waals surface area contributed by atoms with E-state index in [0.29, 0.717) is 13.1 Å². The summed E-state index contributed by atoms with van der Waals surface area (Å²) in [6.07, 6.45) is 0.785. The van der Waals surface area contributed by atoms with Crippen LogP contribution in [0, 0.1) is 12.7 Å². The van der Waals surface area contributed by atoms with Crippen LogP contribution >= 0.6 is 24.0 Å². The van der Waals surface area contributed by atoms with Crippen molar-refractivity contribution in [2.24, 2.45) is 12.0 Å². The lowest BCUT2D eigenvalue weighted by molar-refractivity contribution is 0.0389. The van der Waals surface area contributed by atoms with E-state index < -0.39 is 0 Å². The van der Waals surface area contributed by atoms with Crippen molar-refractivity contribution in [2.75, 3.05) is 45.9 Å². The van der Waals surface area contributed by atoms with E-state index in [4.69, 9.17) is 4.74 Å². The minimum atomic E-state index is -0.215. The van der Waals surface area contributed by atoms with Crippen LogP contribution in [0.25, 0.3) is 0 Å². The van der Waals surface area contributed by atoms with Crippen LogP contribution in [0.5, 0.6) is 0 Å². The Labute approximate surface area is 194 Å². The number of aliphatic imine (C=N–C) groups is 1. The minimum Gasteiger partial charge on any atom is -0.379 e. The smallest absolute Gasteiger partial charge is 0.191 e. The van der Waals surface area contributed by atoms with Crippen molar-refractivity contribution in [2.45, 2.75) is 19.9 Å². The Kier molecular flexibility index (Phi) is 10.4. The molecule has 1 fully saturated rings. The second-order valence-electron chi connectivity index (χ2n) is 7.07. The van der Waals surface area contributed by atoms with Crippen molar-refractivity contribution in [1.82, 2.24) is 30.3 Å². The van der Waals surface area contributed by atoms with E-state index in [1.54, 1.807) is 0 Å². The van der Waals surface area contributed by atoms with Gasteiger partial charge < -0.3 is 19.9 Å². The quantitative estimate of drug-likeness (QED) is 0.306. The van der Waals surface area contributed by atoms with Gasteiger partial charge in [0.05, 0.1) is 13.2 Å². The van der Waals surface area contributed by atoms with Gasteiger partial charge >= 0.3 is 0 Å². The topological polar surface area (TPSA) is 79.6 Å². The Balaban J connectivity index is 0.00000320. The third-order valence-corrected chi connectivity index (χ3v) is 5.00. The fraction of sp³-hybridized carbons (Fsp3) is 0.550. The molecule has 1 aromatic heterocycles. The summed E-state index contributed by atoms with van der Waals surface area (Å²) >= 11 is 0. The highest BCUT2D eigenvalue weighted by Gasteiger charge is 2.10. The first-order valence-corrected chi connectivity index (χ1v) is 10.0. The van der Waals surface area contributed by atoms with Crippen LogP contribution < -0.4 is 10.6 Å². The highest BCUT2D eigenvalue weighted by atomic mass is 127. The largest absolute Gasteiger partial charge is 0.379 e. The first kappa shape index (κ1) is 24.5. The van der Waals surface area contributed by atoms with Crippen molar-refractivity contribution < 1.29 is 9.13 Å². The average molecular weight is 531 g/mol. The van der Waals surface area contributed by atoms with E-state index in [0.717, 1.165) is 69.0 Å². The van der Waals surface area contributed by atoms with E-state index in [1.807, 2.05) is 30.7 Å². The third-order valence-electron chi connectivity index (χ3n) is 5.00.